The standard InChI is InChI=1S/C13H18N2O4/c1-2-13(12(17)18)5-6-15(8-13)11(16)10-4-3-9(7-14)19-10/h3-4H,2,5-8,14H2,1H3,(H,17,18). The fourth-order valence-electron chi connectivity index (χ4n) is 2.42. The number of carboxylic acid groups (broad SMARTS) is 1. The van der Waals surface area contributed by atoms with E-state index in [4.69, 9.17) is 10.2 Å². The Morgan fingerprint density at radius 3 is 2.74 bits per heavy atom. The third-order valence-electron chi connectivity index (χ3n) is 3.85. The minimum Gasteiger partial charge on any atom is -0.481 e. The average molecular weight is 266 g/mol. The maximum absolute atomic E-state index is 12.2. The Hall–Kier alpha value is -1.82. The van der Waals surface area contributed by atoms with Crippen molar-refractivity contribution in [2.45, 2.75) is 26.3 Å². The fourth-order valence-corrected chi connectivity index (χ4v) is 2.42. The van der Waals surface area contributed by atoms with Gasteiger partial charge in [0.2, 0.25) is 0 Å². The van der Waals surface area contributed by atoms with Gasteiger partial charge < -0.3 is 20.2 Å². The van der Waals surface area contributed by atoms with E-state index in [0.717, 1.165) is 0 Å². The Bertz CT molecular complexity index is 497. The number of carboxylic acids is 1. The van der Waals surface area contributed by atoms with Gasteiger partial charge in [0.05, 0.1) is 12.0 Å². The molecule has 6 heteroatoms. The van der Waals surface area contributed by atoms with Crippen LogP contribution in [0.1, 0.15) is 36.1 Å². The molecule has 1 aliphatic heterocycles. The summed E-state index contributed by atoms with van der Waals surface area (Å²) in [4.78, 5) is 25.1. The van der Waals surface area contributed by atoms with Crippen molar-refractivity contribution >= 4 is 11.9 Å². The first-order valence-electron chi connectivity index (χ1n) is 6.34. The Morgan fingerprint density at radius 2 is 2.26 bits per heavy atom. The zero-order valence-corrected chi connectivity index (χ0v) is 10.9. The van der Waals surface area contributed by atoms with Gasteiger partial charge in [0.1, 0.15) is 5.76 Å². The van der Waals surface area contributed by atoms with E-state index in [9.17, 15) is 14.7 Å². The zero-order valence-electron chi connectivity index (χ0n) is 10.9. The van der Waals surface area contributed by atoms with Crippen LogP contribution < -0.4 is 5.73 Å². The van der Waals surface area contributed by atoms with E-state index < -0.39 is 11.4 Å². The van der Waals surface area contributed by atoms with Crippen molar-refractivity contribution in [2.75, 3.05) is 13.1 Å². The van der Waals surface area contributed by atoms with E-state index in [0.29, 0.717) is 25.1 Å². The van der Waals surface area contributed by atoms with Crippen LogP contribution in [-0.4, -0.2) is 35.0 Å². The smallest absolute Gasteiger partial charge is 0.311 e. The molecule has 1 saturated heterocycles. The zero-order chi connectivity index (χ0) is 14.0. The average Bonchev–Trinajstić information content (AvgIpc) is 3.05. The predicted octanol–water partition coefficient (Wildman–Crippen LogP) is 1.07. The van der Waals surface area contributed by atoms with Gasteiger partial charge in [0, 0.05) is 13.1 Å². The number of amides is 1. The van der Waals surface area contributed by atoms with E-state index in [2.05, 4.69) is 0 Å². The van der Waals surface area contributed by atoms with Crippen LogP contribution in [0.4, 0.5) is 0 Å². The van der Waals surface area contributed by atoms with Gasteiger partial charge in [-0.3, -0.25) is 9.59 Å². The largest absolute Gasteiger partial charge is 0.481 e. The highest BCUT2D eigenvalue weighted by Gasteiger charge is 2.45. The number of carbonyl (C=O) groups excluding carboxylic acids is 1. The molecule has 0 saturated carbocycles. The van der Waals surface area contributed by atoms with Crippen molar-refractivity contribution in [1.82, 2.24) is 4.90 Å². The number of aliphatic carboxylic acids is 1. The number of furan rings is 1. The quantitative estimate of drug-likeness (QED) is 0.849. The Balaban J connectivity index is 2.12. The number of likely N-dealkylation sites (tertiary alicyclic amines) is 1. The second-order valence-corrected chi connectivity index (χ2v) is 4.89. The van der Waals surface area contributed by atoms with Crippen molar-refractivity contribution in [3.63, 3.8) is 0 Å². The van der Waals surface area contributed by atoms with E-state index in [1.807, 2.05) is 6.92 Å². The third-order valence-corrected chi connectivity index (χ3v) is 3.85. The fraction of sp³-hybridized carbons (Fsp3) is 0.538. The molecule has 104 valence electrons. The normalized spacial score (nSPS) is 22.7. The van der Waals surface area contributed by atoms with Crippen LogP contribution in [0.25, 0.3) is 0 Å². The SMILES string of the molecule is CCC1(C(=O)O)CCN(C(=O)c2ccc(CN)o2)C1. The number of rotatable bonds is 4. The highest BCUT2D eigenvalue weighted by atomic mass is 16.4. The van der Waals surface area contributed by atoms with Crippen molar-refractivity contribution in [3.05, 3.63) is 23.7 Å². The van der Waals surface area contributed by atoms with Crippen LogP contribution in [0.2, 0.25) is 0 Å². The molecule has 2 heterocycles. The van der Waals surface area contributed by atoms with Crippen molar-refractivity contribution in [2.24, 2.45) is 11.1 Å². The molecule has 6 nitrogen and oxygen atoms in total. The summed E-state index contributed by atoms with van der Waals surface area (Å²) in [6.07, 6.45) is 0.993. The number of hydrogen-bond donors (Lipinski definition) is 2. The summed E-state index contributed by atoms with van der Waals surface area (Å²) in [6, 6.07) is 3.24. The molecule has 1 amide bonds. The summed E-state index contributed by atoms with van der Waals surface area (Å²) in [5.74, 6) is -0.344. The molecular formula is C13H18N2O4. The molecule has 0 spiro atoms. The van der Waals surface area contributed by atoms with Gasteiger partial charge in [-0.2, -0.15) is 0 Å². The molecule has 1 aliphatic rings. The molecule has 0 aliphatic carbocycles. The molecule has 0 aromatic carbocycles. The molecule has 1 aromatic rings. The Kier molecular flexibility index (Phi) is 3.61. The van der Waals surface area contributed by atoms with E-state index in [-0.39, 0.29) is 24.8 Å². The van der Waals surface area contributed by atoms with Crippen LogP contribution in [0.3, 0.4) is 0 Å². The first-order valence-corrected chi connectivity index (χ1v) is 6.34. The molecule has 1 unspecified atom stereocenters. The summed E-state index contributed by atoms with van der Waals surface area (Å²) in [5.41, 5.74) is 4.60. The van der Waals surface area contributed by atoms with Gasteiger partial charge in [-0.05, 0) is 25.0 Å². The van der Waals surface area contributed by atoms with Crippen LogP contribution in [0.5, 0.6) is 0 Å². The van der Waals surface area contributed by atoms with Gasteiger partial charge in [0.25, 0.3) is 5.91 Å². The van der Waals surface area contributed by atoms with Crippen molar-refractivity contribution < 1.29 is 19.1 Å². The highest BCUT2D eigenvalue weighted by molar-refractivity contribution is 5.92. The van der Waals surface area contributed by atoms with Crippen LogP contribution >= 0.6 is 0 Å². The number of carbonyl (C=O) groups is 2. The summed E-state index contributed by atoms with van der Waals surface area (Å²) in [7, 11) is 0. The number of nitrogens with two attached hydrogens (primary N) is 1. The minimum absolute atomic E-state index is 0.220. The van der Waals surface area contributed by atoms with Gasteiger partial charge in [-0.15, -0.1) is 0 Å². The molecular weight excluding hydrogens is 248 g/mol. The molecule has 1 fully saturated rings. The predicted molar refractivity (Wildman–Crippen MR) is 67.5 cm³/mol. The maximum atomic E-state index is 12.2. The second kappa shape index (κ2) is 5.05. The number of hydrogen-bond acceptors (Lipinski definition) is 4. The van der Waals surface area contributed by atoms with E-state index >= 15 is 0 Å². The lowest BCUT2D eigenvalue weighted by molar-refractivity contribution is -0.148. The van der Waals surface area contributed by atoms with E-state index in [1.54, 1.807) is 12.1 Å². The van der Waals surface area contributed by atoms with Gasteiger partial charge in [-0.25, -0.2) is 0 Å². The minimum atomic E-state index is -0.840. The first kappa shape index (κ1) is 13.6. The van der Waals surface area contributed by atoms with Crippen LogP contribution in [0, 0.1) is 5.41 Å². The third kappa shape index (κ3) is 2.35. The Labute approximate surface area is 111 Å². The highest BCUT2D eigenvalue weighted by Crippen LogP contribution is 2.34. The maximum Gasteiger partial charge on any atom is 0.311 e. The second-order valence-electron chi connectivity index (χ2n) is 4.89. The van der Waals surface area contributed by atoms with Crippen LogP contribution in [0.15, 0.2) is 16.5 Å². The molecule has 2 rings (SSSR count). The summed E-state index contributed by atoms with van der Waals surface area (Å²) in [6.45, 7) is 2.75. The van der Waals surface area contributed by atoms with Gasteiger partial charge in [0.15, 0.2) is 5.76 Å². The summed E-state index contributed by atoms with van der Waals surface area (Å²) >= 11 is 0. The topological polar surface area (TPSA) is 96.8 Å². The molecule has 1 atom stereocenters. The molecule has 0 radical (unpaired) electrons. The van der Waals surface area contributed by atoms with Crippen molar-refractivity contribution in [1.29, 1.82) is 0 Å². The molecule has 19 heavy (non-hydrogen) atoms. The first-order chi connectivity index (χ1) is 9.02. The summed E-state index contributed by atoms with van der Waals surface area (Å²) in [5, 5.41) is 9.30. The molecule has 0 bridgehead atoms. The lowest BCUT2D eigenvalue weighted by Crippen LogP contribution is -2.36. The van der Waals surface area contributed by atoms with Crippen LogP contribution in [-0.2, 0) is 11.3 Å². The van der Waals surface area contributed by atoms with Gasteiger partial charge in [-0.1, -0.05) is 6.92 Å². The lowest BCUT2D eigenvalue weighted by Gasteiger charge is -2.22. The monoisotopic (exact) mass is 266 g/mol. The number of nitrogens with zero attached hydrogens (tertiary/aromatic N) is 1. The summed E-state index contributed by atoms with van der Waals surface area (Å²) < 4.78 is 5.31. The van der Waals surface area contributed by atoms with Crippen molar-refractivity contribution in [3.8, 4) is 0 Å². The molecule has 3 N–H and O–H groups in total. The Morgan fingerprint density at radius 1 is 1.53 bits per heavy atom. The van der Waals surface area contributed by atoms with E-state index in [1.165, 1.54) is 4.90 Å². The van der Waals surface area contributed by atoms with Gasteiger partial charge >= 0.3 is 5.97 Å². The molecule has 1 aromatic heterocycles. The lowest BCUT2D eigenvalue weighted by atomic mass is 9.84.